The molecule has 3 N–H and O–H groups in total. The smallest absolute Gasteiger partial charge is 0.279 e. The highest BCUT2D eigenvalue weighted by atomic mass is 16.5. The van der Waals surface area contributed by atoms with Crippen LogP contribution in [0.15, 0.2) is 41.0 Å². The molecule has 6 nitrogen and oxygen atoms in total. The van der Waals surface area contributed by atoms with Gasteiger partial charge in [0.15, 0.2) is 12.3 Å². The zero-order valence-electron chi connectivity index (χ0n) is 13.0. The number of nitrogens with two attached hydrogens (primary N) is 1. The maximum absolute atomic E-state index is 12.1. The Labute approximate surface area is 129 Å². The molecule has 22 heavy (non-hydrogen) atoms. The molecule has 1 amide bonds. The van der Waals surface area contributed by atoms with E-state index < -0.39 is 0 Å². The van der Waals surface area contributed by atoms with Crippen molar-refractivity contribution in [1.29, 1.82) is 0 Å². The Morgan fingerprint density at radius 1 is 1.32 bits per heavy atom. The average molecular weight is 305 g/mol. The monoisotopic (exact) mass is 305 g/mol. The van der Waals surface area contributed by atoms with Gasteiger partial charge < -0.3 is 24.5 Å². The number of furan rings is 1. The van der Waals surface area contributed by atoms with Gasteiger partial charge in [0.25, 0.3) is 5.91 Å². The summed E-state index contributed by atoms with van der Waals surface area (Å²) < 4.78 is 15.7. The van der Waals surface area contributed by atoms with Crippen molar-refractivity contribution < 1.29 is 24.0 Å². The van der Waals surface area contributed by atoms with Crippen molar-refractivity contribution in [2.24, 2.45) is 0 Å². The van der Waals surface area contributed by atoms with Crippen molar-refractivity contribution >= 4 is 11.6 Å². The number of carbonyl (C=O) groups excluding carboxylic acids is 1. The van der Waals surface area contributed by atoms with E-state index in [4.69, 9.17) is 13.9 Å². The molecule has 118 valence electrons. The molecule has 1 atom stereocenters. The molecule has 1 aromatic carbocycles. The van der Waals surface area contributed by atoms with Crippen LogP contribution in [0.1, 0.15) is 18.7 Å². The van der Waals surface area contributed by atoms with Gasteiger partial charge in [-0.25, -0.2) is 0 Å². The third kappa shape index (κ3) is 4.02. The summed E-state index contributed by atoms with van der Waals surface area (Å²) in [5.74, 6) is 1.97. The normalized spacial score (nSPS) is 11.8. The SMILES string of the molecule is COc1ccc(OC)c(NC(=O)C[NH2+][C@H](C)c2ccco2)c1. The van der Waals surface area contributed by atoms with Crippen molar-refractivity contribution in [2.75, 3.05) is 26.1 Å². The summed E-state index contributed by atoms with van der Waals surface area (Å²) in [7, 11) is 3.13. The van der Waals surface area contributed by atoms with E-state index in [1.165, 1.54) is 0 Å². The molecule has 0 aliphatic rings. The fourth-order valence-electron chi connectivity index (χ4n) is 2.06. The van der Waals surface area contributed by atoms with E-state index in [1.54, 1.807) is 38.7 Å². The van der Waals surface area contributed by atoms with Gasteiger partial charge in [0.2, 0.25) is 0 Å². The van der Waals surface area contributed by atoms with Crippen LogP contribution in [-0.4, -0.2) is 26.7 Å². The second-order valence-corrected chi connectivity index (χ2v) is 4.86. The number of rotatable bonds is 7. The zero-order valence-corrected chi connectivity index (χ0v) is 13.0. The lowest BCUT2D eigenvalue weighted by Crippen LogP contribution is -2.86. The van der Waals surface area contributed by atoms with E-state index in [0.717, 1.165) is 5.76 Å². The van der Waals surface area contributed by atoms with Crippen LogP contribution < -0.4 is 20.1 Å². The fraction of sp³-hybridized carbons (Fsp3) is 0.312. The molecule has 1 aromatic heterocycles. The number of hydrogen-bond acceptors (Lipinski definition) is 4. The lowest BCUT2D eigenvalue weighted by atomic mass is 10.2. The number of quaternary nitrogens is 1. The first-order valence-corrected chi connectivity index (χ1v) is 7.02. The molecule has 0 unspecified atom stereocenters. The van der Waals surface area contributed by atoms with Gasteiger partial charge in [0.1, 0.15) is 17.5 Å². The molecule has 0 radical (unpaired) electrons. The molecule has 1 heterocycles. The molecule has 0 bridgehead atoms. The molecule has 0 aliphatic carbocycles. The predicted octanol–water partition coefficient (Wildman–Crippen LogP) is 1.56. The number of amides is 1. The predicted molar refractivity (Wildman–Crippen MR) is 82.1 cm³/mol. The summed E-state index contributed by atoms with van der Waals surface area (Å²) in [5, 5.41) is 4.73. The van der Waals surface area contributed by atoms with E-state index in [2.05, 4.69) is 5.32 Å². The molecular weight excluding hydrogens is 284 g/mol. The summed E-state index contributed by atoms with van der Waals surface area (Å²) in [6.45, 7) is 2.26. The van der Waals surface area contributed by atoms with E-state index in [0.29, 0.717) is 17.2 Å². The minimum atomic E-state index is -0.120. The molecular formula is C16H21N2O4+. The number of carbonyl (C=O) groups is 1. The molecule has 0 spiro atoms. The van der Waals surface area contributed by atoms with Gasteiger partial charge in [-0.05, 0) is 31.2 Å². The third-order valence-electron chi connectivity index (χ3n) is 3.33. The van der Waals surface area contributed by atoms with Crippen LogP contribution in [0.5, 0.6) is 11.5 Å². The Bertz CT molecular complexity index is 611. The highest BCUT2D eigenvalue weighted by Gasteiger charge is 2.15. The summed E-state index contributed by atoms with van der Waals surface area (Å²) in [5.41, 5.74) is 0.589. The average Bonchev–Trinajstić information content (AvgIpc) is 3.07. The molecule has 0 fully saturated rings. The van der Waals surface area contributed by atoms with Gasteiger partial charge in [0, 0.05) is 6.07 Å². The second kappa shape index (κ2) is 7.51. The molecule has 0 aliphatic heterocycles. The second-order valence-electron chi connectivity index (χ2n) is 4.86. The maximum atomic E-state index is 12.1. The quantitative estimate of drug-likeness (QED) is 0.814. The topological polar surface area (TPSA) is 77.3 Å². The minimum absolute atomic E-state index is 0.0768. The lowest BCUT2D eigenvalue weighted by molar-refractivity contribution is -0.684. The standard InChI is InChI=1S/C16H20N2O4/c1-11(14-5-4-8-22-14)17-10-16(19)18-13-9-12(20-2)6-7-15(13)21-3/h4-9,11,17H,10H2,1-3H3,(H,18,19)/p+1/t11-/m1/s1. The molecule has 6 heteroatoms. The molecule has 0 saturated carbocycles. The van der Waals surface area contributed by atoms with Gasteiger partial charge >= 0.3 is 0 Å². The lowest BCUT2D eigenvalue weighted by Gasteiger charge is -2.12. The number of benzene rings is 1. The van der Waals surface area contributed by atoms with Crippen LogP contribution in [0.3, 0.4) is 0 Å². The molecule has 2 aromatic rings. The number of methoxy groups -OCH3 is 2. The van der Waals surface area contributed by atoms with Crippen molar-refractivity contribution in [2.45, 2.75) is 13.0 Å². The molecule has 2 rings (SSSR count). The van der Waals surface area contributed by atoms with Gasteiger partial charge in [-0.15, -0.1) is 0 Å². The largest absolute Gasteiger partial charge is 0.497 e. The van der Waals surface area contributed by atoms with Crippen LogP contribution >= 0.6 is 0 Å². The van der Waals surface area contributed by atoms with Crippen molar-refractivity contribution in [3.8, 4) is 11.5 Å². The van der Waals surface area contributed by atoms with Gasteiger partial charge in [-0.2, -0.15) is 0 Å². The van der Waals surface area contributed by atoms with Crippen LogP contribution in [0, 0.1) is 0 Å². The maximum Gasteiger partial charge on any atom is 0.279 e. The summed E-state index contributed by atoms with van der Waals surface area (Å²) in [6.07, 6.45) is 1.63. The number of ether oxygens (including phenoxy) is 2. The first-order chi connectivity index (χ1) is 10.6. The number of nitrogens with one attached hydrogen (secondary N) is 1. The van der Waals surface area contributed by atoms with Crippen LogP contribution in [-0.2, 0) is 4.79 Å². The Morgan fingerprint density at radius 3 is 2.77 bits per heavy atom. The van der Waals surface area contributed by atoms with Gasteiger partial charge in [0.05, 0.1) is 26.2 Å². The Kier molecular flexibility index (Phi) is 5.43. The first kappa shape index (κ1) is 15.9. The first-order valence-electron chi connectivity index (χ1n) is 7.02. The van der Waals surface area contributed by atoms with Gasteiger partial charge in [-0.1, -0.05) is 0 Å². The third-order valence-corrected chi connectivity index (χ3v) is 3.33. The Hall–Kier alpha value is -2.47. The van der Waals surface area contributed by atoms with Crippen molar-refractivity contribution in [3.63, 3.8) is 0 Å². The van der Waals surface area contributed by atoms with Gasteiger partial charge in [-0.3, -0.25) is 4.79 Å². The summed E-state index contributed by atoms with van der Waals surface area (Å²) in [4.78, 5) is 12.1. The fourth-order valence-corrected chi connectivity index (χ4v) is 2.06. The van der Waals surface area contributed by atoms with Crippen molar-refractivity contribution in [3.05, 3.63) is 42.4 Å². The minimum Gasteiger partial charge on any atom is -0.497 e. The zero-order chi connectivity index (χ0) is 15.9. The Morgan fingerprint density at radius 2 is 2.14 bits per heavy atom. The number of anilines is 1. The summed E-state index contributed by atoms with van der Waals surface area (Å²) >= 11 is 0. The highest BCUT2D eigenvalue weighted by molar-refractivity contribution is 5.93. The van der Waals surface area contributed by atoms with E-state index in [1.807, 2.05) is 24.4 Å². The van der Waals surface area contributed by atoms with Crippen LogP contribution in [0.25, 0.3) is 0 Å². The van der Waals surface area contributed by atoms with Crippen LogP contribution in [0.2, 0.25) is 0 Å². The molecule has 0 saturated heterocycles. The summed E-state index contributed by atoms with van der Waals surface area (Å²) in [6, 6.07) is 9.06. The van der Waals surface area contributed by atoms with Crippen molar-refractivity contribution in [1.82, 2.24) is 0 Å². The van der Waals surface area contributed by atoms with E-state index >= 15 is 0 Å². The van der Waals surface area contributed by atoms with E-state index in [9.17, 15) is 4.79 Å². The highest BCUT2D eigenvalue weighted by Crippen LogP contribution is 2.28. The van der Waals surface area contributed by atoms with E-state index in [-0.39, 0.29) is 18.5 Å². The van der Waals surface area contributed by atoms with Crippen LogP contribution in [0.4, 0.5) is 5.69 Å². The number of hydrogen-bond donors (Lipinski definition) is 2. The Balaban J connectivity index is 1.94.